The van der Waals surface area contributed by atoms with Crippen molar-refractivity contribution in [1.82, 2.24) is 0 Å². The number of ether oxygens (including phenoxy) is 8. The van der Waals surface area contributed by atoms with Crippen LogP contribution in [0.4, 0.5) is 8.78 Å². The molecule has 1 aliphatic rings. The van der Waals surface area contributed by atoms with E-state index in [4.69, 9.17) is 28.4 Å². The van der Waals surface area contributed by atoms with E-state index in [0.29, 0.717) is 61.5 Å². The van der Waals surface area contributed by atoms with Gasteiger partial charge in [-0.25, -0.2) is 19.2 Å². The van der Waals surface area contributed by atoms with E-state index in [1.807, 2.05) is 0 Å². The molecular weight excluding hydrogens is 674 g/mol. The van der Waals surface area contributed by atoms with Gasteiger partial charge in [-0.15, -0.1) is 8.78 Å². The van der Waals surface area contributed by atoms with Gasteiger partial charge >= 0.3 is 30.2 Å². The SMILES string of the molecule is C=C(C)C(=O)OCCCCOc1ccc(C(=O)Oc2ccc(OC(=O)c3ccc(OCCCCOC(=O)C(=C)C)cc3)c3c2OC(F)(F)O3)cc1. The Bertz CT molecular complexity index is 1620. The zero-order valence-electron chi connectivity index (χ0n) is 28.0. The molecule has 0 amide bonds. The van der Waals surface area contributed by atoms with Crippen LogP contribution in [0.25, 0.3) is 0 Å². The minimum Gasteiger partial charge on any atom is -0.494 e. The normalized spacial score (nSPS) is 12.3. The third-order valence-corrected chi connectivity index (χ3v) is 6.85. The van der Waals surface area contributed by atoms with E-state index in [0.717, 1.165) is 12.1 Å². The van der Waals surface area contributed by atoms with Gasteiger partial charge < -0.3 is 37.9 Å². The number of hydrogen-bond donors (Lipinski definition) is 0. The topological polar surface area (TPSA) is 142 Å². The molecule has 270 valence electrons. The molecule has 1 heterocycles. The summed E-state index contributed by atoms with van der Waals surface area (Å²) in [5.74, 6) is -3.81. The van der Waals surface area contributed by atoms with Gasteiger partial charge in [-0.1, -0.05) is 13.2 Å². The highest BCUT2D eigenvalue weighted by atomic mass is 19.3. The summed E-state index contributed by atoms with van der Waals surface area (Å²) >= 11 is 0. The molecule has 0 bridgehead atoms. The minimum atomic E-state index is -4.12. The lowest BCUT2D eigenvalue weighted by Gasteiger charge is -2.11. The second-order valence-corrected chi connectivity index (χ2v) is 11.2. The maximum atomic E-state index is 14.2. The highest BCUT2D eigenvalue weighted by Gasteiger charge is 2.47. The summed E-state index contributed by atoms with van der Waals surface area (Å²) in [6.45, 7) is 11.3. The van der Waals surface area contributed by atoms with Gasteiger partial charge in [0.05, 0.1) is 37.6 Å². The monoisotopic (exact) mass is 710 g/mol. The van der Waals surface area contributed by atoms with Crippen molar-refractivity contribution in [3.05, 3.63) is 96.1 Å². The molecule has 1 aliphatic heterocycles. The predicted octanol–water partition coefficient (Wildman–Crippen LogP) is 7.00. The fraction of sp³-hybridized carbons (Fsp3) is 0.297. The molecule has 0 saturated carbocycles. The molecule has 0 unspecified atom stereocenters. The Morgan fingerprint density at radius 2 is 0.941 bits per heavy atom. The van der Waals surface area contributed by atoms with Crippen molar-refractivity contribution in [2.75, 3.05) is 26.4 Å². The molecule has 51 heavy (non-hydrogen) atoms. The molecule has 0 atom stereocenters. The average Bonchev–Trinajstić information content (AvgIpc) is 3.44. The Morgan fingerprint density at radius 1 is 0.588 bits per heavy atom. The van der Waals surface area contributed by atoms with Gasteiger partial charge in [0.15, 0.2) is 11.5 Å². The van der Waals surface area contributed by atoms with E-state index in [9.17, 15) is 28.0 Å². The number of carbonyl (C=O) groups is 4. The Morgan fingerprint density at radius 3 is 1.29 bits per heavy atom. The van der Waals surface area contributed by atoms with E-state index in [1.165, 1.54) is 48.5 Å². The molecule has 0 N–H and O–H groups in total. The number of fused-ring (bicyclic) bond motifs is 1. The van der Waals surface area contributed by atoms with E-state index < -0.39 is 53.2 Å². The van der Waals surface area contributed by atoms with Crippen LogP contribution in [-0.2, 0) is 19.1 Å². The van der Waals surface area contributed by atoms with E-state index in [-0.39, 0.29) is 24.3 Å². The van der Waals surface area contributed by atoms with Crippen molar-refractivity contribution >= 4 is 23.9 Å². The lowest BCUT2D eigenvalue weighted by Crippen LogP contribution is -2.26. The van der Waals surface area contributed by atoms with Gasteiger partial charge in [0.2, 0.25) is 11.5 Å². The van der Waals surface area contributed by atoms with Gasteiger partial charge in [0.1, 0.15) is 11.5 Å². The van der Waals surface area contributed by atoms with Crippen molar-refractivity contribution in [2.45, 2.75) is 45.8 Å². The molecule has 12 nitrogen and oxygen atoms in total. The lowest BCUT2D eigenvalue weighted by molar-refractivity contribution is -0.287. The van der Waals surface area contributed by atoms with Crippen LogP contribution >= 0.6 is 0 Å². The number of alkyl halides is 2. The lowest BCUT2D eigenvalue weighted by atomic mass is 10.2. The largest absolute Gasteiger partial charge is 0.586 e. The van der Waals surface area contributed by atoms with Crippen LogP contribution in [0.1, 0.15) is 60.2 Å². The summed E-state index contributed by atoms with van der Waals surface area (Å²) in [5.41, 5.74) is 0.813. The smallest absolute Gasteiger partial charge is 0.494 e. The van der Waals surface area contributed by atoms with Crippen molar-refractivity contribution < 1.29 is 65.9 Å². The molecule has 0 radical (unpaired) electrons. The first-order valence-electron chi connectivity index (χ1n) is 15.8. The van der Waals surface area contributed by atoms with Gasteiger partial charge in [0, 0.05) is 11.1 Å². The first kappa shape index (κ1) is 37.9. The van der Waals surface area contributed by atoms with Crippen LogP contribution in [-0.4, -0.2) is 56.6 Å². The average molecular weight is 711 g/mol. The number of benzene rings is 3. The Kier molecular flexibility index (Phi) is 13.1. The van der Waals surface area contributed by atoms with Crippen LogP contribution in [0, 0.1) is 0 Å². The number of carbonyl (C=O) groups excluding carboxylic acids is 4. The number of rotatable bonds is 18. The highest BCUT2D eigenvalue weighted by molar-refractivity contribution is 5.93. The summed E-state index contributed by atoms with van der Waals surface area (Å²) in [6, 6.07) is 14.1. The van der Waals surface area contributed by atoms with E-state index in [1.54, 1.807) is 13.8 Å². The summed E-state index contributed by atoms with van der Waals surface area (Å²) in [4.78, 5) is 48.5. The van der Waals surface area contributed by atoms with Crippen LogP contribution in [0.5, 0.6) is 34.5 Å². The van der Waals surface area contributed by atoms with Crippen molar-refractivity contribution in [1.29, 1.82) is 0 Å². The standard InChI is InChI=1S/C37H36F2O12/c1-23(2)33(40)46-21-7-5-19-44-27-13-9-25(10-14-27)35(42)48-29-17-18-30(32-31(29)50-37(38,39)51-32)49-36(43)26-11-15-28(16-12-26)45-20-6-8-22-47-34(41)24(3)4/h9-18H,1,3,5-8,19-22H2,2,4H3. The minimum absolute atomic E-state index is 0.0838. The second-order valence-electron chi connectivity index (χ2n) is 11.2. The van der Waals surface area contributed by atoms with Crippen molar-refractivity contribution in [2.24, 2.45) is 0 Å². The number of hydrogen-bond acceptors (Lipinski definition) is 12. The Labute approximate surface area is 292 Å². The maximum absolute atomic E-state index is 14.2. The summed E-state index contributed by atoms with van der Waals surface area (Å²) in [5, 5.41) is 0. The molecule has 0 aliphatic carbocycles. The van der Waals surface area contributed by atoms with Gasteiger partial charge in [0.25, 0.3) is 0 Å². The van der Waals surface area contributed by atoms with Gasteiger partial charge in [-0.3, -0.25) is 0 Å². The molecule has 0 spiro atoms. The van der Waals surface area contributed by atoms with E-state index >= 15 is 0 Å². The van der Waals surface area contributed by atoms with E-state index in [2.05, 4.69) is 22.6 Å². The first-order chi connectivity index (χ1) is 24.3. The van der Waals surface area contributed by atoms with Crippen molar-refractivity contribution in [3.8, 4) is 34.5 Å². The molecular formula is C37H36F2O12. The first-order valence-corrected chi connectivity index (χ1v) is 15.8. The zero-order valence-corrected chi connectivity index (χ0v) is 28.0. The number of esters is 4. The molecule has 14 heteroatoms. The zero-order chi connectivity index (χ0) is 37.0. The van der Waals surface area contributed by atoms with Gasteiger partial charge in [-0.05, 0) is 100 Å². The second kappa shape index (κ2) is 17.7. The number of halogens is 2. The fourth-order valence-corrected chi connectivity index (χ4v) is 4.20. The summed E-state index contributed by atoms with van der Waals surface area (Å²) in [6.07, 6.45) is -1.74. The number of unbranched alkanes of at least 4 members (excludes halogenated alkanes) is 2. The summed E-state index contributed by atoms with van der Waals surface area (Å²) < 4.78 is 69.5. The molecule has 0 aromatic heterocycles. The molecule has 4 rings (SSSR count). The fourth-order valence-electron chi connectivity index (χ4n) is 4.20. The molecule has 3 aromatic carbocycles. The Hall–Kier alpha value is -5.92. The maximum Gasteiger partial charge on any atom is 0.586 e. The van der Waals surface area contributed by atoms with Crippen LogP contribution < -0.4 is 28.4 Å². The Balaban J connectivity index is 1.29. The molecule has 0 saturated heterocycles. The summed E-state index contributed by atoms with van der Waals surface area (Å²) in [7, 11) is 0. The van der Waals surface area contributed by atoms with Crippen LogP contribution in [0.15, 0.2) is 85.0 Å². The van der Waals surface area contributed by atoms with Crippen LogP contribution in [0.3, 0.4) is 0 Å². The van der Waals surface area contributed by atoms with Crippen molar-refractivity contribution in [3.63, 3.8) is 0 Å². The van der Waals surface area contributed by atoms with Crippen LogP contribution in [0.2, 0.25) is 0 Å². The molecule has 0 fully saturated rings. The highest BCUT2D eigenvalue weighted by Crippen LogP contribution is 2.52. The predicted molar refractivity (Wildman–Crippen MR) is 176 cm³/mol. The third-order valence-electron chi connectivity index (χ3n) is 6.85. The third kappa shape index (κ3) is 11.3. The van der Waals surface area contributed by atoms with Gasteiger partial charge in [-0.2, -0.15) is 0 Å². The quantitative estimate of drug-likeness (QED) is 0.0581. The molecule has 3 aromatic rings.